The first-order valence-electron chi connectivity index (χ1n) is 8.54. The summed E-state index contributed by atoms with van der Waals surface area (Å²) in [4.78, 5) is 26.5. The minimum atomic E-state index is -0.243. The van der Waals surface area contributed by atoms with Crippen molar-refractivity contribution in [1.29, 1.82) is 0 Å². The summed E-state index contributed by atoms with van der Waals surface area (Å²) in [6, 6.07) is 9.89. The summed E-state index contributed by atoms with van der Waals surface area (Å²) < 4.78 is 0.547. The monoisotopic (exact) mass is 388 g/mol. The topological polar surface area (TPSA) is 49.4 Å². The molecule has 0 bridgehead atoms. The molecule has 2 rings (SSSR count). The summed E-state index contributed by atoms with van der Waals surface area (Å²) in [6.07, 6.45) is 6.56. The van der Waals surface area contributed by atoms with E-state index in [1.807, 2.05) is 63.3 Å². The van der Waals surface area contributed by atoms with Gasteiger partial charge in [-0.3, -0.25) is 14.5 Å². The van der Waals surface area contributed by atoms with Crippen molar-refractivity contribution >= 4 is 46.2 Å². The van der Waals surface area contributed by atoms with Crippen LogP contribution in [0.25, 0.3) is 6.08 Å². The first-order valence-corrected chi connectivity index (χ1v) is 9.77. The highest BCUT2D eigenvalue weighted by Gasteiger charge is 2.31. The molecule has 1 aliphatic rings. The number of nitrogens with one attached hydrogen (secondary N) is 1. The molecule has 138 valence electrons. The van der Waals surface area contributed by atoms with Gasteiger partial charge in [-0.2, -0.15) is 0 Å². The van der Waals surface area contributed by atoms with Crippen molar-refractivity contribution in [2.24, 2.45) is 0 Å². The van der Waals surface area contributed by atoms with E-state index in [1.54, 1.807) is 11.0 Å². The zero-order chi connectivity index (χ0) is 19.2. The van der Waals surface area contributed by atoms with Crippen LogP contribution < -0.4 is 5.32 Å². The maximum absolute atomic E-state index is 12.5. The fourth-order valence-electron chi connectivity index (χ4n) is 2.40. The van der Waals surface area contributed by atoms with Crippen molar-refractivity contribution < 1.29 is 9.59 Å². The molecule has 4 nitrogen and oxygen atoms in total. The van der Waals surface area contributed by atoms with Crippen LogP contribution in [-0.4, -0.2) is 33.1 Å². The van der Waals surface area contributed by atoms with Crippen molar-refractivity contribution in [3.8, 4) is 0 Å². The molecule has 2 amide bonds. The molecule has 0 unspecified atom stereocenters. The van der Waals surface area contributed by atoms with Gasteiger partial charge in [0.25, 0.3) is 5.91 Å². The number of benzene rings is 1. The zero-order valence-electron chi connectivity index (χ0n) is 15.3. The van der Waals surface area contributed by atoms with Gasteiger partial charge in [-0.05, 0) is 38.8 Å². The van der Waals surface area contributed by atoms with E-state index in [2.05, 4.69) is 5.32 Å². The molecule has 1 heterocycles. The minimum absolute atomic E-state index is 0.00993. The zero-order valence-corrected chi connectivity index (χ0v) is 17.0. The van der Waals surface area contributed by atoms with Gasteiger partial charge in [0.2, 0.25) is 5.91 Å². The van der Waals surface area contributed by atoms with Gasteiger partial charge in [0.05, 0.1) is 4.91 Å². The Balaban J connectivity index is 1.87. The molecule has 26 heavy (non-hydrogen) atoms. The Morgan fingerprint density at radius 2 is 1.96 bits per heavy atom. The Labute approximate surface area is 164 Å². The molecule has 1 aliphatic heterocycles. The summed E-state index contributed by atoms with van der Waals surface area (Å²) in [5.74, 6) is -0.0989. The maximum Gasteiger partial charge on any atom is 0.266 e. The van der Waals surface area contributed by atoms with E-state index in [0.717, 1.165) is 5.56 Å². The van der Waals surface area contributed by atoms with E-state index in [0.29, 0.717) is 28.6 Å². The second kappa shape index (κ2) is 9.14. The van der Waals surface area contributed by atoms with Crippen molar-refractivity contribution in [3.63, 3.8) is 0 Å². The molecule has 1 aromatic rings. The summed E-state index contributed by atoms with van der Waals surface area (Å²) >= 11 is 6.61. The number of hydrogen-bond donors (Lipinski definition) is 1. The molecule has 0 saturated carbocycles. The largest absolute Gasteiger partial charge is 0.352 e. The third-order valence-corrected chi connectivity index (χ3v) is 4.91. The van der Waals surface area contributed by atoms with Gasteiger partial charge in [0, 0.05) is 18.5 Å². The molecule has 0 spiro atoms. The Morgan fingerprint density at radius 3 is 2.62 bits per heavy atom. The molecule has 0 aliphatic carbocycles. The molecule has 1 aromatic carbocycles. The minimum Gasteiger partial charge on any atom is -0.352 e. The number of thiocarbonyl (C=S) groups is 1. The van der Waals surface area contributed by atoms with Crippen molar-refractivity contribution in [2.45, 2.75) is 39.2 Å². The van der Waals surface area contributed by atoms with Crippen LogP contribution in [0.15, 0.2) is 47.4 Å². The molecular formula is C20H24N2O2S2. The first kappa shape index (κ1) is 20.4. The fourth-order valence-corrected chi connectivity index (χ4v) is 3.66. The van der Waals surface area contributed by atoms with E-state index in [9.17, 15) is 9.59 Å². The Bertz CT molecular complexity index is 734. The van der Waals surface area contributed by atoms with E-state index < -0.39 is 0 Å². The van der Waals surface area contributed by atoms with Gasteiger partial charge in [-0.1, -0.05) is 66.5 Å². The van der Waals surface area contributed by atoms with Gasteiger partial charge in [0.1, 0.15) is 4.32 Å². The highest BCUT2D eigenvalue weighted by Crippen LogP contribution is 2.31. The number of amides is 2. The van der Waals surface area contributed by atoms with Crippen LogP contribution in [0.1, 0.15) is 39.2 Å². The van der Waals surface area contributed by atoms with Crippen molar-refractivity contribution in [1.82, 2.24) is 10.2 Å². The number of nitrogens with zero attached hydrogens (tertiary/aromatic N) is 1. The number of hydrogen-bond acceptors (Lipinski definition) is 4. The Kier molecular flexibility index (Phi) is 7.17. The van der Waals surface area contributed by atoms with Gasteiger partial charge in [-0.25, -0.2) is 0 Å². The second-order valence-corrected chi connectivity index (χ2v) is 8.70. The lowest BCUT2D eigenvalue weighted by Crippen LogP contribution is -2.40. The average Bonchev–Trinajstić information content (AvgIpc) is 2.82. The Morgan fingerprint density at radius 1 is 1.27 bits per heavy atom. The smallest absolute Gasteiger partial charge is 0.266 e. The van der Waals surface area contributed by atoms with Crippen LogP contribution in [0.4, 0.5) is 0 Å². The summed E-state index contributed by atoms with van der Waals surface area (Å²) in [5, 5.41) is 2.92. The van der Waals surface area contributed by atoms with Gasteiger partial charge in [-0.15, -0.1) is 0 Å². The van der Waals surface area contributed by atoms with Crippen molar-refractivity contribution in [2.75, 3.05) is 6.54 Å². The molecular weight excluding hydrogens is 364 g/mol. The molecule has 1 saturated heterocycles. The third kappa shape index (κ3) is 6.42. The third-order valence-electron chi connectivity index (χ3n) is 3.51. The highest BCUT2D eigenvalue weighted by molar-refractivity contribution is 8.26. The molecule has 1 N–H and O–H groups in total. The Hall–Kier alpha value is -1.92. The highest BCUT2D eigenvalue weighted by atomic mass is 32.2. The molecule has 6 heteroatoms. The van der Waals surface area contributed by atoms with E-state index in [4.69, 9.17) is 12.2 Å². The normalized spacial score (nSPS) is 16.7. The maximum atomic E-state index is 12.5. The van der Waals surface area contributed by atoms with Gasteiger partial charge >= 0.3 is 0 Å². The standard InChI is InChI=1S/C20H24N2O2S2/c1-20(2,3)21-17(23)13-8-14-22-18(24)16(26-19(22)25)12-7-11-15-9-5-4-6-10-15/h4-7,9-12H,8,13-14H2,1-3H3,(H,21,23). The van der Waals surface area contributed by atoms with Crippen LogP contribution in [0.2, 0.25) is 0 Å². The van der Waals surface area contributed by atoms with Gasteiger partial charge in [0.15, 0.2) is 0 Å². The van der Waals surface area contributed by atoms with E-state index in [-0.39, 0.29) is 17.4 Å². The number of allylic oxidation sites excluding steroid dienone is 2. The summed E-state index contributed by atoms with van der Waals surface area (Å²) in [7, 11) is 0. The van der Waals surface area contributed by atoms with Crippen molar-refractivity contribution in [3.05, 3.63) is 53.0 Å². The average molecular weight is 389 g/mol. The fraction of sp³-hybridized carbons (Fsp3) is 0.350. The summed E-state index contributed by atoms with van der Waals surface area (Å²) in [5.41, 5.74) is 0.830. The van der Waals surface area contributed by atoms with Crippen LogP contribution in [0.3, 0.4) is 0 Å². The van der Waals surface area contributed by atoms with Gasteiger partial charge < -0.3 is 5.32 Å². The quantitative estimate of drug-likeness (QED) is 0.588. The predicted molar refractivity (Wildman–Crippen MR) is 113 cm³/mol. The number of thioether (sulfide) groups is 1. The lowest BCUT2D eigenvalue weighted by Gasteiger charge is -2.21. The number of rotatable bonds is 6. The van der Waals surface area contributed by atoms with Crippen LogP contribution in [0.5, 0.6) is 0 Å². The molecule has 1 fully saturated rings. The van der Waals surface area contributed by atoms with E-state index >= 15 is 0 Å². The lowest BCUT2D eigenvalue weighted by atomic mass is 10.1. The van der Waals surface area contributed by atoms with Crippen LogP contribution >= 0.6 is 24.0 Å². The van der Waals surface area contributed by atoms with Crippen LogP contribution in [-0.2, 0) is 9.59 Å². The first-order chi connectivity index (χ1) is 12.3. The van der Waals surface area contributed by atoms with Crippen LogP contribution in [0, 0.1) is 0 Å². The molecule has 0 atom stereocenters. The van der Waals surface area contributed by atoms with E-state index in [1.165, 1.54) is 11.8 Å². The summed E-state index contributed by atoms with van der Waals surface area (Å²) in [6.45, 7) is 6.30. The molecule has 0 aromatic heterocycles. The lowest BCUT2D eigenvalue weighted by molar-refractivity contribution is -0.124. The number of carbonyl (C=O) groups is 2. The molecule has 0 radical (unpaired) electrons. The predicted octanol–water partition coefficient (Wildman–Crippen LogP) is 4.14. The second-order valence-electron chi connectivity index (χ2n) is 7.03. The number of carbonyl (C=O) groups excluding carboxylic acids is 2. The SMILES string of the molecule is CC(C)(C)NC(=O)CCCN1C(=O)C(=CC=Cc2ccccc2)SC1=S.